The number of aliphatic hydroxyl groups is 2. The summed E-state index contributed by atoms with van der Waals surface area (Å²) < 4.78 is 11.0. The zero-order chi connectivity index (χ0) is 26.8. The molecule has 36 heavy (non-hydrogen) atoms. The van der Waals surface area contributed by atoms with Gasteiger partial charge in [-0.1, -0.05) is 19.0 Å². The summed E-state index contributed by atoms with van der Waals surface area (Å²) >= 11 is 0. The van der Waals surface area contributed by atoms with Crippen LogP contribution < -0.4 is 4.90 Å². The fraction of sp³-hybridized carbons (Fsp3) is 0.607. The molecule has 8 heteroatoms. The number of anilines is 1. The first-order valence-corrected chi connectivity index (χ1v) is 12.8. The number of benzene rings is 1. The first-order chi connectivity index (χ1) is 16.8. The predicted molar refractivity (Wildman–Crippen MR) is 142 cm³/mol. The second-order valence-electron chi connectivity index (χ2n) is 11.3. The van der Waals surface area contributed by atoms with Crippen LogP contribution in [0.3, 0.4) is 0 Å². The number of ether oxygens (including phenoxy) is 1. The normalized spacial score (nSPS) is 16.0. The maximum Gasteiger partial charge on any atom is 0.414 e. The number of hydrogen-bond donors (Lipinski definition) is 2. The highest BCUT2D eigenvalue weighted by Gasteiger charge is 2.30. The van der Waals surface area contributed by atoms with E-state index in [9.17, 15) is 15.0 Å². The van der Waals surface area contributed by atoms with Crippen molar-refractivity contribution in [3.63, 3.8) is 0 Å². The average Bonchev–Trinajstić information content (AvgIpc) is 3.56. The number of aromatic nitrogens is 1. The minimum absolute atomic E-state index is 0.378. The van der Waals surface area contributed by atoms with E-state index in [4.69, 9.17) is 14.3 Å². The zero-order valence-corrected chi connectivity index (χ0v) is 22.8. The monoisotopic (exact) mass is 499 g/mol. The Morgan fingerprint density at radius 1 is 1.25 bits per heavy atom. The van der Waals surface area contributed by atoms with Crippen LogP contribution >= 0.6 is 0 Å². The van der Waals surface area contributed by atoms with E-state index in [1.54, 1.807) is 7.05 Å². The molecule has 8 nitrogen and oxygen atoms in total. The van der Waals surface area contributed by atoms with Gasteiger partial charge in [-0.2, -0.15) is 0 Å². The van der Waals surface area contributed by atoms with Crippen LogP contribution in [0.15, 0.2) is 21.6 Å². The number of amides is 1. The Kier molecular flexibility index (Phi) is 8.62. The smallest absolute Gasteiger partial charge is 0.414 e. The Balaban J connectivity index is 2.19. The molecule has 2 atom stereocenters. The van der Waals surface area contributed by atoms with Crippen molar-refractivity contribution in [2.45, 2.75) is 92.0 Å². The molecule has 1 saturated carbocycles. The molecular weight excluding hydrogens is 458 g/mol. The Labute approximate surface area is 214 Å². The molecule has 0 aliphatic heterocycles. The average molecular weight is 500 g/mol. The number of aryl methyl sites for hydroxylation is 2. The van der Waals surface area contributed by atoms with Gasteiger partial charge in [0.25, 0.3) is 0 Å². The van der Waals surface area contributed by atoms with Crippen LogP contribution in [0, 0.1) is 25.7 Å². The van der Waals surface area contributed by atoms with Gasteiger partial charge in [0.05, 0.1) is 23.2 Å². The largest absolute Gasteiger partial charge is 0.443 e. The zero-order valence-electron chi connectivity index (χ0n) is 22.8. The van der Waals surface area contributed by atoms with Crippen molar-refractivity contribution in [1.29, 1.82) is 0 Å². The van der Waals surface area contributed by atoms with Crippen molar-refractivity contribution >= 4 is 23.7 Å². The molecule has 3 rings (SSSR count). The SMILES string of the molecule is Cc1noc(C)c1-c1cc(C(O)C(O)CCC(C)C)c(N=CC2CC2)c(N(C)C(=O)OC(C)(C)C)c1. The summed E-state index contributed by atoms with van der Waals surface area (Å²) in [6.07, 6.45) is 2.49. The maximum absolute atomic E-state index is 13.1. The topological polar surface area (TPSA) is 108 Å². The van der Waals surface area contributed by atoms with Gasteiger partial charge in [-0.3, -0.25) is 9.89 Å². The van der Waals surface area contributed by atoms with Crippen LogP contribution in [0.25, 0.3) is 11.1 Å². The molecule has 1 aliphatic carbocycles. The van der Waals surface area contributed by atoms with Gasteiger partial charge in [-0.05, 0) is 89.8 Å². The standard InChI is InChI=1S/C28H41N3O5/c1-16(2)9-12-23(32)26(33)21-13-20(24-17(3)30-36-18(24)4)14-22(25(21)29-15-19-10-11-19)31(8)27(34)35-28(5,6)7/h13-16,19,23,26,32-33H,9-12H2,1-8H3. The summed E-state index contributed by atoms with van der Waals surface area (Å²) in [5.41, 5.74) is 2.87. The molecule has 2 aromatic rings. The number of carbonyl (C=O) groups excluding carboxylic acids is 1. The molecular formula is C28H41N3O5. The van der Waals surface area contributed by atoms with Crippen LogP contribution in [0.5, 0.6) is 0 Å². The molecule has 1 heterocycles. The van der Waals surface area contributed by atoms with Gasteiger partial charge in [0.2, 0.25) is 0 Å². The van der Waals surface area contributed by atoms with Crippen molar-refractivity contribution in [2.75, 3.05) is 11.9 Å². The molecule has 1 fully saturated rings. The Bertz CT molecular complexity index is 1080. The summed E-state index contributed by atoms with van der Waals surface area (Å²) in [6, 6.07) is 3.66. The van der Waals surface area contributed by atoms with E-state index < -0.39 is 23.9 Å². The second-order valence-corrected chi connectivity index (χ2v) is 11.3. The van der Waals surface area contributed by atoms with E-state index in [1.165, 1.54) is 4.90 Å². The van der Waals surface area contributed by atoms with Crippen LogP contribution in [0.1, 0.15) is 83.4 Å². The summed E-state index contributed by atoms with van der Waals surface area (Å²) in [6.45, 7) is 13.3. The van der Waals surface area contributed by atoms with Gasteiger partial charge in [0.1, 0.15) is 17.5 Å². The highest BCUT2D eigenvalue weighted by molar-refractivity contribution is 5.95. The van der Waals surface area contributed by atoms with Crippen LogP contribution in [-0.4, -0.2) is 46.4 Å². The maximum atomic E-state index is 13.1. The van der Waals surface area contributed by atoms with Gasteiger partial charge in [0, 0.05) is 24.4 Å². The Hall–Kier alpha value is -2.71. The molecule has 1 aliphatic rings. The fourth-order valence-electron chi connectivity index (χ4n) is 4.03. The Morgan fingerprint density at radius 3 is 2.44 bits per heavy atom. The van der Waals surface area contributed by atoms with E-state index in [-0.39, 0.29) is 0 Å². The highest BCUT2D eigenvalue weighted by atomic mass is 16.6. The molecule has 0 saturated heterocycles. The quantitative estimate of drug-likeness (QED) is 0.394. The summed E-state index contributed by atoms with van der Waals surface area (Å²) in [5.74, 6) is 1.39. The van der Waals surface area contributed by atoms with Gasteiger partial charge in [-0.25, -0.2) is 4.79 Å². The highest BCUT2D eigenvalue weighted by Crippen LogP contribution is 2.43. The number of aliphatic imine (C=N–C) groups is 1. The molecule has 0 radical (unpaired) electrons. The van der Waals surface area contributed by atoms with E-state index in [1.807, 2.05) is 53.0 Å². The van der Waals surface area contributed by atoms with E-state index in [0.29, 0.717) is 52.2 Å². The summed E-state index contributed by atoms with van der Waals surface area (Å²) in [7, 11) is 1.63. The summed E-state index contributed by atoms with van der Waals surface area (Å²) in [4.78, 5) is 19.3. The lowest BCUT2D eigenvalue weighted by atomic mass is 9.92. The lowest BCUT2D eigenvalue weighted by Crippen LogP contribution is -2.34. The lowest BCUT2D eigenvalue weighted by Gasteiger charge is -2.28. The van der Waals surface area contributed by atoms with E-state index in [0.717, 1.165) is 24.8 Å². The van der Waals surface area contributed by atoms with Crippen molar-refractivity contribution in [2.24, 2.45) is 16.8 Å². The Morgan fingerprint density at radius 2 is 1.92 bits per heavy atom. The van der Waals surface area contributed by atoms with Crippen molar-refractivity contribution in [3.8, 4) is 11.1 Å². The third-order valence-corrected chi connectivity index (χ3v) is 6.23. The minimum atomic E-state index is -1.19. The predicted octanol–water partition coefficient (Wildman–Crippen LogP) is 6.27. The third-order valence-electron chi connectivity index (χ3n) is 6.23. The van der Waals surface area contributed by atoms with Gasteiger partial charge in [0.15, 0.2) is 0 Å². The van der Waals surface area contributed by atoms with E-state index >= 15 is 0 Å². The number of aliphatic hydroxyl groups excluding tert-OH is 2. The molecule has 1 aromatic carbocycles. The number of carbonyl (C=O) groups is 1. The number of hydrogen-bond acceptors (Lipinski definition) is 7. The first kappa shape index (κ1) is 27.9. The minimum Gasteiger partial charge on any atom is -0.443 e. The third kappa shape index (κ3) is 6.95. The first-order valence-electron chi connectivity index (χ1n) is 12.8. The molecule has 1 aromatic heterocycles. The summed E-state index contributed by atoms with van der Waals surface area (Å²) in [5, 5.41) is 26.4. The van der Waals surface area contributed by atoms with Crippen LogP contribution in [0.4, 0.5) is 16.2 Å². The van der Waals surface area contributed by atoms with Gasteiger partial charge in [-0.15, -0.1) is 0 Å². The van der Waals surface area contributed by atoms with Gasteiger partial charge >= 0.3 is 6.09 Å². The second kappa shape index (κ2) is 11.1. The van der Waals surface area contributed by atoms with Crippen molar-refractivity contribution < 1.29 is 24.3 Å². The number of rotatable bonds is 9. The van der Waals surface area contributed by atoms with Gasteiger partial charge < -0.3 is 19.5 Å². The fourth-order valence-corrected chi connectivity index (χ4v) is 4.03. The molecule has 0 bridgehead atoms. The van der Waals surface area contributed by atoms with E-state index in [2.05, 4.69) is 19.0 Å². The molecule has 2 N–H and O–H groups in total. The lowest BCUT2D eigenvalue weighted by molar-refractivity contribution is 0.0109. The van der Waals surface area contributed by atoms with Crippen LogP contribution in [-0.2, 0) is 4.74 Å². The molecule has 1 amide bonds. The number of nitrogens with zero attached hydrogens (tertiary/aromatic N) is 3. The van der Waals surface area contributed by atoms with Crippen molar-refractivity contribution in [3.05, 3.63) is 29.2 Å². The van der Waals surface area contributed by atoms with Crippen LogP contribution in [0.2, 0.25) is 0 Å². The van der Waals surface area contributed by atoms with Crippen molar-refractivity contribution in [1.82, 2.24) is 5.16 Å². The molecule has 2 unspecified atom stereocenters. The molecule has 198 valence electrons. The molecule has 0 spiro atoms.